The number of thioether (sulfide) groups is 1. The Labute approximate surface area is 112 Å². The first kappa shape index (κ1) is 15.0. The Morgan fingerprint density at radius 2 is 2.17 bits per heavy atom. The molecular formula is C14H19FO2S. The molecule has 1 aromatic carbocycles. The van der Waals surface area contributed by atoms with Crippen LogP contribution in [0.15, 0.2) is 18.2 Å². The van der Waals surface area contributed by atoms with Crippen molar-refractivity contribution in [2.75, 3.05) is 18.6 Å². The molecule has 0 aromatic heterocycles. The molecule has 0 bridgehead atoms. The SMILES string of the molecule is CCCCCSCC(=O)c1cc(F)ccc1OC. The largest absolute Gasteiger partial charge is 0.496 e. The molecule has 18 heavy (non-hydrogen) atoms. The zero-order valence-corrected chi connectivity index (χ0v) is 11.7. The smallest absolute Gasteiger partial charge is 0.176 e. The van der Waals surface area contributed by atoms with Gasteiger partial charge >= 0.3 is 0 Å². The van der Waals surface area contributed by atoms with Gasteiger partial charge in [-0.15, -0.1) is 0 Å². The minimum Gasteiger partial charge on any atom is -0.496 e. The van der Waals surface area contributed by atoms with Gasteiger partial charge in [-0.3, -0.25) is 4.79 Å². The summed E-state index contributed by atoms with van der Waals surface area (Å²) in [7, 11) is 1.48. The summed E-state index contributed by atoms with van der Waals surface area (Å²) >= 11 is 1.59. The molecule has 0 saturated heterocycles. The Bertz CT molecular complexity index is 393. The number of Topliss-reactive ketones (excluding diaryl/α,β-unsaturated/α-hetero) is 1. The Hall–Kier alpha value is -1.03. The average Bonchev–Trinajstić information content (AvgIpc) is 2.38. The van der Waals surface area contributed by atoms with E-state index in [1.54, 1.807) is 11.8 Å². The predicted molar refractivity (Wildman–Crippen MR) is 74.1 cm³/mol. The molecule has 0 aliphatic heterocycles. The van der Waals surface area contributed by atoms with Crippen LogP contribution in [-0.2, 0) is 0 Å². The first-order valence-corrected chi connectivity index (χ1v) is 7.29. The number of unbranched alkanes of at least 4 members (excludes halogenated alkanes) is 2. The summed E-state index contributed by atoms with van der Waals surface area (Å²) in [6, 6.07) is 4.03. The second kappa shape index (κ2) is 8.14. The highest BCUT2D eigenvalue weighted by molar-refractivity contribution is 7.99. The maximum Gasteiger partial charge on any atom is 0.176 e. The van der Waals surface area contributed by atoms with E-state index < -0.39 is 5.82 Å². The molecule has 0 saturated carbocycles. The van der Waals surface area contributed by atoms with Crippen molar-refractivity contribution in [3.8, 4) is 5.75 Å². The summed E-state index contributed by atoms with van der Waals surface area (Å²) in [4.78, 5) is 11.9. The minimum absolute atomic E-state index is 0.0761. The van der Waals surface area contributed by atoms with Crippen molar-refractivity contribution >= 4 is 17.5 Å². The molecule has 100 valence electrons. The minimum atomic E-state index is -0.407. The lowest BCUT2D eigenvalue weighted by Gasteiger charge is -2.07. The number of hydrogen-bond acceptors (Lipinski definition) is 3. The number of ether oxygens (including phenoxy) is 1. The lowest BCUT2D eigenvalue weighted by Crippen LogP contribution is -2.06. The van der Waals surface area contributed by atoms with Crippen LogP contribution in [-0.4, -0.2) is 24.4 Å². The molecule has 0 N–H and O–H groups in total. The number of methoxy groups -OCH3 is 1. The Morgan fingerprint density at radius 1 is 1.39 bits per heavy atom. The van der Waals surface area contributed by atoms with Crippen molar-refractivity contribution in [3.63, 3.8) is 0 Å². The van der Waals surface area contributed by atoms with E-state index in [9.17, 15) is 9.18 Å². The molecule has 1 rings (SSSR count). The number of carbonyl (C=O) groups excluding carboxylic acids is 1. The molecule has 1 aromatic rings. The normalized spacial score (nSPS) is 10.4. The van der Waals surface area contributed by atoms with Gasteiger partial charge in [0.15, 0.2) is 5.78 Å². The maximum absolute atomic E-state index is 13.1. The molecule has 2 nitrogen and oxygen atoms in total. The maximum atomic E-state index is 13.1. The van der Waals surface area contributed by atoms with Crippen molar-refractivity contribution in [2.24, 2.45) is 0 Å². The van der Waals surface area contributed by atoms with Gasteiger partial charge in [0.1, 0.15) is 11.6 Å². The highest BCUT2D eigenvalue weighted by Gasteiger charge is 2.13. The molecule has 0 spiro atoms. The van der Waals surface area contributed by atoms with E-state index in [1.165, 1.54) is 38.2 Å². The van der Waals surface area contributed by atoms with E-state index in [2.05, 4.69) is 6.92 Å². The highest BCUT2D eigenvalue weighted by Crippen LogP contribution is 2.21. The zero-order valence-electron chi connectivity index (χ0n) is 10.9. The monoisotopic (exact) mass is 270 g/mol. The molecule has 0 aliphatic rings. The quantitative estimate of drug-likeness (QED) is 0.528. The van der Waals surface area contributed by atoms with Crippen LogP contribution in [0.4, 0.5) is 4.39 Å². The second-order valence-corrected chi connectivity index (χ2v) is 5.13. The van der Waals surface area contributed by atoms with Crippen molar-refractivity contribution in [2.45, 2.75) is 26.2 Å². The van der Waals surface area contributed by atoms with Crippen LogP contribution in [0.25, 0.3) is 0 Å². The fourth-order valence-electron chi connectivity index (χ4n) is 1.59. The van der Waals surface area contributed by atoms with Crippen LogP contribution >= 0.6 is 11.8 Å². The molecule has 4 heteroatoms. The summed E-state index contributed by atoms with van der Waals surface area (Å²) in [5, 5.41) is 0. The number of benzene rings is 1. The third kappa shape index (κ3) is 4.69. The Morgan fingerprint density at radius 3 is 2.83 bits per heavy atom. The summed E-state index contributed by atoms with van der Waals surface area (Å²) in [5.41, 5.74) is 0.334. The standard InChI is InChI=1S/C14H19FO2S/c1-3-4-5-8-18-10-13(16)12-9-11(15)6-7-14(12)17-2/h6-7,9H,3-5,8,10H2,1-2H3. The van der Waals surface area contributed by atoms with Gasteiger partial charge < -0.3 is 4.74 Å². The summed E-state index contributed by atoms with van der Waals surface area (Å²) in [6.07, 6.45) is 3.48. The number of carbonyl (C=O) groups is 1. The van der Waals surface area contributed by atoms with Crippen LogP contribution in [0.3, 0.4) is 0 Å². The molecule has 0 radical (unpaired) electrons. The number of ketones is 1. The van der Waals surface area contributed by atoms with Gasteiger partial charge in [-0.05, 0) is 30.4 Å². The van der Waals surface area contributed by atoms with Crippen LogP contribution in [0, 0.1) is 5.82 Å². The van der Waals surface area contributed by atoms with E-state index >= 15 is 0 Å². The van der Waals surface area contributed by atoms with Crippen LogP contribution in [0.5, 0.6) is 5.75 Å². The lowest BCUT2D eigenvalue weighted by molar-refractivity contribution is 0.101. The van der Waals surface area contributed by atoms with Gasteiger partial charge in [0.05, 0.1) is 18.4 Å². The van der Waals surface area contributed by atoms with Crippen molar-refractivity contribution in [1.29, 1.82) is 0 Å². The van der Waals surface area contributed by atoms with Crippen molar-refractivity contribution in [3.05, 3.63) is 29.6 Å². The second-order valence-electron chi connectivity index (χ2n) is 4.03. The fourth-order valence-corrected chi connectivity index (χ4v) is 2.49. The van der Waals surface area contributed by atoms with Crippen LogP contribution in [0.1, 0.15) is 36.5 Å². The number of rotatable bonds is 8. The van der Waals surface area contributed by atoms with Crippen molar-refractivity contribution < 1.29 is 13.9 Å². The highest BCUT2D eigenvalue weighted by atomic mass is 32.2. The van der Waals surface area contributed by atoms with Gasteiger partial charge in [0.25, 0.3) is 0 Å². The zero-order chi connectivity index (χ0) is 13.4. The predicted octanol–water partition coefficient (Wildman–Crippen LogP) is 3.94. The molecule has 0 fully saturated rings. The fraction of sp³-hybridized carbons (Fsp3) is 0.500. The summed E-state index contributed by atoms with van der Waals surface area (Å²) in [5.74, 6) is 1.30. The third-order valence-corrected chi connectivity index (χ3v) is 3.63. The topological polar surface area (TPSA) is 26.3 Å². The third-order valence-electron chi connectivity index (χ3n) is 2.59. The molecule has 0 heterocycles. The van der Waals surface area contributed by atoms with Gasteiger partial charge in [0, 0.05) is 0 Å². The van der Waals surface area contributed by atoms with Gasteiger partial charge in [-0.1, -0.05) is 19.8 Å². The van der Waals surface area contributed by atoms with Gasteiger partial charge in [0.2, 0.25) is 0 Å². The number of halogens is 1. The van der Waals surface area contributed by atoms with E-state index in [-0.39, 0.29) is 5.78 Å². The van der Waals surface area contributed by atoms with Crippen LogP contribution in [0.2, 0.25) is 0 Å². The van der Waals surface area contributed by atoms with E-state index in [1.807, 2.05) is 0 Å². The first-order valence-electron chi connectivity index (χ1n) is 6.13. The van der Waals surface area contributed by atoms with Crippen LogP contribution < -0.4 is 4.74 Å². The van der Waals surface area contributed by atoms with E-state index in [4.69, 9.17) is 4.74 Å². The molecule has 0 unspecified atom stereocenters. The van der Waals surface area contributed by atoms with Gasteiger partial charge in [-0.25, -0.2) is 4.39 Å². The lowest BCUT2D eigenvalue weighted by atomic mass is 10.1. The van der Waals surface area contributed by atoms with Gasteiger partial charge in [-0.2, -0.15) is 11.8 Å². The molecule has 0 aliphatic carbocycles. The van der Waals surface area contributed by atoms with E-state index in [0.29, 0.717) is 17.1 Å². The van der Waals surface area contributed by atoms with E-state index in [0.717, 1.165) is 12.2 Å². The molecule has 0 amide bonds. The Kier molecular flexibility index (Phi) is 6.80. The summed E-state index contributed by atoms with van der Waals surface area (Å²) < 4.78 is 18.2. The average molecular weight is 270 g/mol. The Balaban J connectivity index is 2.52. The molecule has 0 atom stereocenters. The van der Waals surface area contributed by atoms with Crippen molar-refractivity contribution in [1.82, 2.24) is 0 Å². The molecular weight excluding hydrogens is 251 g/mol. The summed E-state index contributed by atoms with van der Waals surface area (Å²) in [6.45, 7) is 2.15. The first-order chi connectivity index (χ1) is 8.69. The number of hydrogen-bond donors (Lipinski definition) is 0.